The van der Waals surface area contributed by atoms with E-state index in [4.69, 9.17) is 26.8 Å². The molecule has 0 bridgehead atoms. The lowest BCUT2D eigenvalue weighted by atomic mass is 10.2. The number of ether oxygens (including phenoxy) is 2. The molecule has 2 rings (SSSR count). The van der Waals surface area contributed by atoms with Crippen molar-refractivity contribution in [2.45, 2.75) is 18.2 Å². The number of halogens is 1. The molecule has 1 aliphatic rings. The lowest BCUT2D eigenvalue weighted by molar-refractivity contribution is 0.210. The van der Waals surface area contributed by atoms with Crippen LogP contribution in [0.1, 0.15) is 12.8 Å². The number of allylic oxidation sites excluding steroid dienone is 3. The molecule has 0 saturated heterocycles. The number of carbonyl (C=O) groups excluding carboxylic acids is 1. The van der Waals surface area contributed by atoms with E-state index in [2.05, 4.69) is 4.99 Å². The van der Waals surface area contributed by atoms with Crippen molar-refractivity contribution >= 4 is 23.7 Å². The zero-order valence-corrected chi connectivity index (χ0v) is 12.0. The highest BCUT2D eigenvalue weighted by molar-refractivity contribution is 6.21. The fourth-order valence-corrected chi connectivity index (χ4v) is 1.87. The van der Waals surface area contributed by atoms with Crippen LogP contribution in [-0.2, 0) is 4.74 Å². The van der Waals surface area contributed by atoms with Crippen LogP contribution in [0.25, 0.3) is 0 Å². The molecule has 0 aromatic heterocycles. The third-order valence-electron chi connectivity index (χ3n) is 2.63. The van der Waals surface area contributed by atoms with Gasteiger partial charge in [-0.1, -0.05) is 24.3 Å². The Morgan fingerprint density at radius 2 is 2.05 bits per heavy atom. The molecule has 1 unspecified atom stereocenters. The summed E-state index contributed by atoms with van der Waals surface area (Å²) in [6, 6.07) is 8.31. The number of amides is 1. The van der Waals surface area contributed by atoms with Crippen molar-refractivity contribution in [3.8, 4) is 5.75 Å². The lowest BCUT2D eigenvalue weighted by Crippen LogP contribution is -2.19. The Labute approximate surface area is 127 Å². The Bertz CT molecular complexity index is 582. The molecule has 6 heteroatoms. The van der Waals surface area contributed by atoms with Crippen LogP contribution in [0.15, 0.2) is 59.3 Å². The number of benzene rings is 1. The summed E-state index contributed by atoms with van der Waals surface area (Å²) in [7, 11) is 0. The van der Waals surface area contributed by atoms with Gasteiger partial charge < -0.3 is 15.2 Å². The summed E-state index contributed by atoms with van der Waals surface area (Å²) < 4.78 is 10.2. The topological polar surface area (TPSA) is 73.9 Å². The maximum Gasteiger partial charge on any atom is 0.443 e. The van der Waals surface area contributed by atoms with E-state index in [9.17, 15) is 4.79 Å². The molecular formula is C15H15ClN2O3. The van der Waals surface area contributed by atoms with E-state index in [1.165, 1.54) is 0 Å². The second-order valence-electron chi connectivity index (χ2n) is 4.29. The maximum absolute atomic E-state index is 11.6. The van der Waals surface area contributed by atoms with Crippen molar-refractivity contribution in [2.24, 2.45) is 10.7 Å². The molecule has 1 amide bonds. The highest BCUT2D eigenvalue weighted by Crippen LogP contribution is 2.16. The molecule has 1 aromatic carbocycles. The summed E-state index contributed by atoms with van der Waals surface area (Å²) in [6.07, 6.45) is 6.08. The van der Waals surface area contributed by atoms with Gasteiger partial charge in [0.05, 0.1) is 5.38 Å². The third kappa shape index (κ3) is 5.31. The molecular weight excluding hydrogens is 292 g/mol. The zero-order valence-electron chi connectivity index (χ0n) is 11.2. The van der Waals surface area contributed by atoms with E-state index in [0.717, 1.165) is 12.8 Å². The predicted octanol–water partition coefficient (Wildman–Crippen LogP) is 3.36. The summed E-state index contributed by atoms with van der Waals surface area (Å²) in [5, 5.41) is -0.0384. The van der Waals surface area contributed by atoms with Gasteiger partial charge in [-0.05, 0) is 37.1 Å². The van der Waals surface area contributed by atoms with Gasteiger partial charge in [0, 0.05) is 0 Å². The Morgan fingerprint density at radius 3 is 2.81 bits per heavy atom. The Morgan fingerprint density at radius 1 is 1.29 bits per heavy atom. The first-order valence-electron chi connectivity index (χ1n) is 6.45. The Kier molecular flexibility index (Phi) is 5.40. The minimum absolute atomic E-state index is 0.0384. The Balaban J connectivity index is 1.93. The normalized spacial score (nSPS) is 18.6. The predicted molar refractivity (Wildman–Crippen MR) is 81.3 cm³/mol. The van der Waals surface area contributed by atoms with Crippen molar-refractivity contribution in [1.29, 1.82) is 0 Å². The van der Waals surface area contributed by atoms with Gasteiger partial charge in [0.2, 0.25) is 0 Å². The largest absolute Gasteiger partial charge is 0.443 e. The van der Waals surface area contributed by atoms with E-state index >= 15 is 0 Å². The zero-order chi connectivity index (χ0) is 15.1. The number of aliphatic imine (C=N–C) groups is 1. The van der Waals surface area contributed by atoms with Crippen LogP contribution in [0.2, 0.25) is 0 Å². The fourth-order valence-electron chi connectivity index (χ4n) is 1.67. The smallest absolute Gasteiger partial charge is 0.426 e. The van der Waals surface area contributed by atoms with E-state index < -0.39 is 6.09 Å². The van der Waals surface area contributed by atoms with Gasteiger partial charge in [-0.3, -0.25) is 0 Å². The summed E-state index contributed by atoms with van der Waals surface area (Å²) in [5.74, 6) is 0.893. The van der Waals surface area contributed by atoms with Crippen LogP contribution < -0.4 is 10.5 Å². The number of amidine groups is 1. The first kappa shape index (κ1) is 15.1. The van der Waals surface area contributed by atoms with Gasteiger partial charge in [-0.2, -0.15) is 0 Å². The Hall–Kier alpha value is -2.27. The number of hydrogen-bond donors (Lipinski definition) is 1. The van der Waals surface area contributed by atoms with Crippen molar-refractivity contribution in [2.75, 3.05) is 0 Å². The standard InChI is InChI=1S/C15H15ClN2O3/c16-11-5-4-8-13(10-9-11)20-14(17)18-15(19)21-12-6-2-1-3-7-12/h1-3,6-11H,4-5H2,(H2,17,18,19). The summed E-state index contributed by atoms with van der Waals surface area (Å²) in [4.78, 5) is 15.1. The highest BCUT2D eigenvalue weighted by Gasteiger charge is 2.08. The highest BCUT2D eigenvalue weighted by atomic mass is 35.5. The molecule has 5 nitrogen and oxygen atoms in total. The van der Waals surface area contributed by atoms with Crippen LogP contribution in [0.3, 0.4) is 0 Å². The average molecular weight is 307 g/mol. The van der Waals surface area contributed by atoms with Crippen molar-refractivity contribution in [1.82, 2.24) is 0 Å². The van der Waals surface area contributed by atoms with Gasteiger partial charge in [0.1, 0.15) is 11.5 Å². The molecule has 2 N–H and O–H groups in total. The lowest BCUT2D eigenvalue weighted by Gasteiger charge is -2.04. The number of hydrogen-bond acceptors (Lipinski definition) is 3. The number of nitrogens with zero attached hydrogens (tertiary/aromatic N) is 1. The summed E-state index contributed by atoms with van der Waals surface area (Å²) in [6.45, 7) is 0. The molecule has 1 atom stereocenters. The molecule has 0 saturated carbocycles. The average Bonchev–Trinajstić information content (AvgIpc) is 2.64. The summed E-state index contributed by atoms with van der Waals surface area (Å²) in [5.41, 5.74) is 5.56. The molecule has 0 spiro atoms. The molecule has 1 aliphatic carbocycles. The number of rotatable bonds is 2. The minimum atomic E-state index is -0.841. The minimum Gasteiger partial charge on any atom is -0.426 e. The number of carbonyl (C=O) groups is 1. The van der Waals surface area contributed by atoms with Crippen LogP contribution in [0.5, 0.6) is 5.75 Å². The number of para-hydroxylation sites is 1. The van der Waals surface area contributed by atoms with Crippen LogP contribution in [0.4, 0.5) is 4.79 Å². The second kappa shape index (κ2) is 7.50. The number of nitrogens with two attached hydrogens (primary N) is 1. The van der Waals surface area contributed by atoms with Gasteiger partial charge in [0.15, 0.2) is 0 Å². The number of alkyl halides is 1. The monoisotopic (exact) mass is 306 g/mol. The van der Waals surface area contributed by atoms with Gasteiger partial charge in [-0.15, -0.1) is 16.6 Å². The van der Waals surface area contributed by atoms with Crippen LogP contribution in [0, 0.1) is 0 Å². The fraction of sp³-hybridized carbons (Fsp3) is 0.200. The van der Waals surface area contributed by atoms with E-state index in [1.807, 2.05) is 12.1 Å². The van der Waals surface area contributed by atoms with Crippen molar-refractivity contribution in [3.63, 3.8) is 0 Å². The third-order valence-corrected chi connectivity index (χ3v) is 2.99. The van der Waals surface area contributed by atoms with Crippen LogP contribution in [-0.4, -0.2) is 17.5 Å². The van der Waals surface area contributed by atoms with Gasteiger partial charge in [0.25, 0.3) is 6.02 Å². The molecule has 0 aliphatic heterocycles. The molecule has 1 aromatic rings. The quantitative estimate of drug-likeness (QED) is 0.516. The SMILES string of the molecule is N/C(=N/C(=O)Oc1ccccc1)OC1=CCCC(Cl)C=C1. The van der Waals surface area contributed by atoms with Gasteiger partial charge in [-0.25, -0.2) is 4.79 Å². The van der Waals surface area contributed by atoms with Crippen molar-refractivity contribution in [3.05, 3.63) is 54.3 Å². The van der Waals surface area contributed by atoms with E-state index in [-0.39, 0.29) is 11.4 Å². The molecule has 21 heavy (non-hydrogen) atoms. The van der Waals surface area contributed by atoms with Crippen LogP contribution >= 0.6 is 11.6 Å². The maximum atomic E-state index is 11.6. The molecule has 0 radical (unpaired) electrons. The van der Waals surface area contributed by atoms with E-state index in [0.29, 0.717) is 11.5 Å². The second-order valence-corrected chi connectivity index (χ2v) is 4.85. The molecule has 0 heterocycles. The first-order valence-corrected chi connectivity index (χ1v) is 6.88. The first-order chi connectivity index (χ1) is 10.1. The van der Waals surface area contributed by atoms with Crippen molar-refractivity contribution < 1.29 is 14.3 Å². The van der Waals surface area contributed by atoms with E-state index in [1.54, 1.807) is 36.4 Å². The molecule has 110 valence electrons. The molecule has 0 fully saturated rings. The summed E-state index contributed by atoms with van der Waals surface area (Å²) >= 11 is 5.99. The van der Waals surface area contributed by atoms with Gasteiger partial charge >= 0.3 is 6.09 Å².